The smallest absolute Gasteiger partial charge is 0.0992 e. The van der Waals surface area contributed by atoms with Gasteiger partial charge < -0.3 is 9.13 Å². The van der Waals surface area contributed by atoms with E-state index >= 15 is 0 Å². The standard InChI is InChI=1S/C32H21N3/c1-34-29-16-14-23(19-28(29)27-15-13-21(20-33)17-32(27)34)22-7-6-8-24(18-22)35-30-11-4-2-9-25(30)26-10-3-5-12-31(26)35/h2-19H,1H3. The van der Waals surface area contributed by atoms with E-state index in [4.69, 9.17) is 0 Å². The van der Waals surface area contributed by atoms with Crippen LogP contribution in [0.3, 0.4) is 0 Å². The quantitative estimate of drug-likeness (QED) is 0.265. The van der Waals surface area contributed by atoms with Crippen LogP contribution in [0.4, 0.5) is 0 Å². The maximum absolute atomic E-state index is 9.33. The Kier molecular flexibility index (Phi) is 4.12. The summed E-state index contributed by atoms with van der Waals surface area (Å²) >= 11 is 0. The molecule has 3 nitrogen and oxygen atoms in total. The summed E-state index contributed by atoms with van der Waals surface area (Å²) in [7, 11) is 2.06. The van der Waals surface area contributed by atoms with E-state index < -0.39 is 0 Å². The Morgan fingerprint density at radius 3 is 1.97 bits per heavy atom. The van der Waals surface area contributed by atoms with Crippen LogP contribution in [0.2, 0.25) is 0 Å². The van der Waals surface area contributed by atoms with Crippen molar-refractivity contribution < 1.29 is 0 Å². The summed E-state index contributed by atoms with van der Waals surface area (Å²) in [5.41, 5.74) is 8.85. The first-order valence-corrected chi connectivity index (χ1v) is 11.7. The zero-order chi connectivity index (χ0) is 23.5. The number of rotatable bonds is 2. The summed E-state index contributed by atoms with van der Waals surface area (Å²) in [6, 6.07) is 40.8. The first-order valence-electron chi connectivity index (χ1n) is 11.7. The fraction of sp³-hybridized carbons (Fsp3) is 0.0312. The monoisotopic (exact) mass is 447 g/mol. The molecule has 5 aromatic carbocycles. The van der Waals surface area contributed by atoms with Crippen LogP contribution in [0, 0.1) is 11.3 Å². The average Bonchev–Trinajstić information content (AvgIpc) is 3.40. The maximum atomic E-state index is 9.33. The van der Waals surface area contributed by atoms with Crippen molar-refractivity contribution >= 4 is 43.6 Å². The molecule has 0 amide bonds. The molecule has 164 valence electrons. The van der Waals surface area contributed by atoms with Crippen molar-refractivity contribution in [3.8, 4) is 22.9 Å². The number of hydrogen-bond acceptors (Lipinski definition) is 1. The summed E-state index contributed by atoms with van der Waals surface area (Å²) < 4.78 is 4.53. The topological polar surface area (TPSA) is 33.6 Å². The van der Waals surface area contributed by atoms with Gasteiger partial charge in [0.05, 0.1) is 28.2 Å². The molecule has 3 heteroatoms. The van der Waals surface area contributed by atoms with Gasteiger partial charge in [-0.05, 0) is 59.7 Å². The third-order valence-corrected chi connectivity index (χ3v) is 7.15. The molecule has 2 heterocycles. The molecule has 35 heavy (non-hydrogen) atoms. The van der Waals surface area contributed by atoms with Crippen LogP contribution in [0.1, 0.15) is 5.56 Å². The SMILES string of the molecule is Cn1c2ccc(-c3cccc(-n4c5ccccc5c5ccccc54)c3)cc2c2ccc(C#N)cc21. The minimum absolute atomic E-state index is 0.683. The average molecular weight is 448 g/mol. The highest BCUT2D eigenvalue weighted by Gasteiger charge is 2.13. The molecule has 0 saturated heterocycles. The van der Waals surface area contributed by atoms with E-state index in [1.807, 2.05) is 12.1 Å². The summed E-state index contributed by atoms with van der Waals surface area (Å²) in [5.74, 6) is 0. The molecule has 0 aliphatic rings. The van der Waals surface area contributed by atoms with Gasteiger partial charge in [-0.1, -0.05) is 60.7 Å². The second-order valence-electron chi connectivity index (χ2n) is 9.05. The Morgan fingerprint density at radius 2 is 1.23 bits per heavy atom. The van der Waals surface area contributed by atoms with Crippen molar-refractivity contribution in [3.05, 3.63) is 115 Å². The molecule has 0 N–H and O–H groups in total. The maximum Gasteiger partial charge on any atom is 0.0992 e. The second kappa shape index (κ2) is 7.35. The molecule has 7 aromatic rings. The zero-order valence-electron chi connectivity index (χ0n) is 19.2. The molecule has 0 spiro atoms. The largest absolute Gasteiger partial charge is 0.344 e. The predicted octanol–water partition coefficient (Wildman–Crippen LogP) is 7.97. The molecule has 7 rings (SSSR count). The van der Waals surface area contributed by atoms with Gasteiger partial charge >= 0.3 is 0 Å². The van der Waals surface area contributed by atoms with Crippen LogP contribution in [0.15, 0.2) is 109 Å². The fourth-order valence-electron chi connectivity index (χ4n) is 5.49. The van der Waals surface area contributed by atoms with Gasteiger partial charge in [0.15, 0.2) is 0 Å². The van der Waals surface area contributed by atoms with E-state index in [0.717, 1.165) is 16.7 Å². The van der Waals surface area contributed by atoms with E-state index in [9.17, 15) is 5.26 Å². The minimum atomic E-state index is 0.683. The Morgan fingerprint density at radius 1 is 0.543 bits per heavy atom. The van der Waals surface area contributed by atoms with Crippen molar-refractivity contribution in [2.24, 2.45) is 7.05 Å². The van der Waals surface area contributed by atoms with Gasteiger partial charge in [0, 0.05) is 39.8 Å². The number of nitrogens with zero attached hydrogens (tertiary/aromatic N) is 3. The lowest BCUT2D eigenvalue weighted by atomic mass is 10.0. The van der Waals surface area contributed by atoms with Gasteiger partial charge in [0.25, 0.3) is 0 Å². The molecule has 0 aliphatic heterocycles. The Hall–Kier alpha value is -4.81. The highest BCUT2D eigenvalue weighted by molar-refractivity contribution is 6.10. The van der Waals surface area contributed by atoms with Gasteiger partial charge in [-0.15, -0.1) is 0 Å². The number of hydrogen-bond donors (Lipinski definition) is 0. The lowest BCUT2D eigenvalue weighted by Gasteiger charge is -2.10. The van der Waals surface area contributed by atoms with Crippen LogP contribution in [0.25, 0.3) is 60.4 Å². The van der Waals surface area contributed by atoms with Gasteiger partial charge in [0.2, 0.25) is 0 Å². The molecular weight excluding hydrogens is 426 g/mol. The van der Waals surface area contributed by atoms with Gasteiger partial charge in [0.1, 0.15) is 0 Å². The number of nitriles is 1. The molecule has 0 aliphatic carbocycles. The lowest BCUT2D eigenvalue weighted by Crippen LogP contribution is -1.94. The molecule has 0 fully saturated rings. The number of aromatic nitrogens is 2. The van der Waals surface area contributed by atoms with E-state index in [1.165, 1.54) is 43.7 Å². The number of para-hydroxylation sites is 2. The van der Waals surface area contributed by atoms with Crippen LogP contribution >= 0.6 is 0 Å². The molecule has 0 unspecified atom stereocenters. The minimum Gasteiger partial charge on any atom is -0.344 e. The van der Waals surface area contributed by atoms with Gasteiger partial charge in [-0.2, -0.15) is 5.26 Å². The van der Waals surface area contributed by atoms with Crippen molar-refractivity contribution in [3.63, 3.8) is 0 Å². The first kappa shape index (κ1) is 19.6. The fourth-order valence-corrected chi connectivity index (χ4v) is 5.49. The third kappa shape index (κ3) is 2.84. The Balaban J connectivity index is 1.44. The van der Waals surface area contributed by atoms with E-state index in [0.29, 0.717) is 5.56 Å². The van der Waals surface area contributed by atoms with Crippen LogP contribution in [-0.2, 0) is 7.05 Å². The molecule has 0 bridgehead atoms. The Bertz CT molecular complexity index is 1930. The summed E-state index contributed by atoms with van der Waals surface area (Å²) in [6.07, 6.45) is 0. The Labute approximate surface area is 202 Å². The highest BCUT2D eigenvalue weighted by Crippen LogP contribution is 2.35. The van der Waals surface area contributed by atoms with Gasteiger partial charge in [-0.3, -0.25) is 0 Å². The zero-order valence-corrected chi connectivity index (χ0v) is 19.2. The number of benzene rings is 5. The highest BCUT2D eigenvalue weighted by atomic mass is 15.0. The normalized spacial score (nSPS) is 11.5. The first-order chi connectivity index (χ1) is 17.2. The number of aryl methyl sites for hydroxylation is 1. The van der Waals surface area contributed by atoms with Crippen LogP contribution in [0.5, 0.6) is 0 Å². The van der Waals surface area contributed by atoms with E-state index in [2.05, 4.69) is 119 Å². The van der Waals surface area contributed by atoms with Crippen molar-refractivity contribution in [2.75, 3.05) is 0 Å². The van der Waals surface area contributed by atoms with Crippen molar-refractivity contribution in [1.29, 1.82) is 5.26 Å². The summed E-state index contributed by atoms with van der Waals surface area (Å²) in [4.78, 5) is 0. The second-order valence-corrected chi connectivity index (χ2v) is 9.05. The van der Waals surface area contributed by atoms with Crippen molar-refractivity contribution in [1.82, 2.24) is 9.13 Å². The summed E-state index contributed by atoms with van der Waals surface area (Å²) in [6.45, 7) is 0. The predicted molar refractivity (Wildman–Crippen MR) is 145 cm³/mol. The summed E-state index contributed by atoms with van der Waals surface area (Å²) in [5, 5.41) is 14.2. The lowest BCUT2D eigenvalue weighted by molar-refractivity contribution is 1.01. The van der Waals surface area contributed by atoms with Crippen molar-refractivity contribution in [2.45, 2.75) is 0 Å². The molecule has 0 radical (unpaired) electrons. The van der Waals surface area contributed by atoms with E-state index in [-0.39, 0.29) is 0 Å². The van der Waals surface area contributed by atoms with Crippen LogP contribution in [-0.4, -0.2) is 9.13 Å². The molecular formula is C32H21N3. The van der Waals surface area contributed by atoms with E-state index in [1.54, 1.807) is 0 Å². The van der Waals surface area contributed by atoms with Gasteiger partial charge in [-0.25, -0.2) is 0 Å². The molecule has 0 atom stereocenters. The molecule has 0 saturated carbocycles. The molecule has 2 aromatic heterocycles. The van der Waals surface area contributed by atoms with Crippen LogP contribution < -0.4 is 0 Å². The number of fused-ring (bicyclic) bond motifs is 6. The third-order valence-electron chi connectivity index (χ3n) is 7.15.